The molecule has 0 amide bonds. The second-order valence-corrected chi connectivity index (χ2v) is 7.79. The zero-order valence-corrected chi connectivity index (χ0v) is 17.8. The number of likely N-dealkylation sites (N-methyl/N-ethyl adjacent to an activating group) is 1. The average molecular weight is 452 g/mol. The van der Waals surface area contributed by atoms with Crippen molar-refractivity contribution in [3.8, 4) is 0 Å². The van der Waals surface area contributed by atoms with Crippen LogP contribution < -0.4 is 0 Å². The highest BCUT2D eigenvalue weighted by Gasteiger charge is 2.25. The Bertz CT molecular complexity index is 770. The average Bonchev–Trinajstić information content (AvgIpc) is 2.61. The Morgan fingerprint density at radius 1 is 1.00 bits per heavy atom. The van der Waals surface area contributed by atoms with Crippen molar-refractivity contribution in [2.24, 2.45) is 0 Å². The number of ether oxygens (including phenoxy) is 2. The minimum absolute atomic E-state index is 0.179. The Balaban J connectivity index is 2.16. The first kappa shape index (κ1) is 22.1. The van der Waals surface area contributed by atoms with Crippen molar-refractivity contribution in [2.45, 2.75) is 13.1 Å². The predicted molar refractivity (Wildman–Crippen MR) is 110 cm³/mol. The Kier molecular flexibility index (Phi) is 8.52. The van der Waals surface area contributed by atoms with E-state index in [1.54, 1.807) is 6.07 Å². The smallest absolute Gasteiger partial charge is 0.428 e. The van der Waals surface area contributed by atoms with Gasteiger partial charge in [0.05, 0.1) is 17.1 Å². The number of rotatable bonds is 8. The Morgan fingerprint density at radius 3 is 2.37 bits per heavy atom. The zero-order chi connectivity index (χ0) is 19.9. The fourth-order valence-electron chi connectivity index (χ4n) is 2.76. The lowest BCUT2D eigenvalue weighted by atomic mass is 10.1. The van der Waals surface area contributed by atoms with Crippen LogP contribution in [0.25, 0.3) is 0 Å². The van der Waals surface area contributed by atoms with Gasteiger partial charge in [0.15, 0.2) is 6.07 Å². The lowest BCUT2D eigenvalue weighted by Crippen LogP contribution is -2.45. The van der Waals surface area contributed by atoms with E-state index >= 15 is 0 Å². The van der Waals surface area contributed by atoms with E-state index in [4.69, 9.17) is 51.1 Å². The van der Waals surface area contributed by atoms with E-state index < -0.39 is 6.16 Å². The van der Waals surface area contributed by atoms with E-state index in [1.807, 2.05) is 36.4 Å². The molecule has 27 heavy (non-hydrogen) atoms. The normalized spacial score (nSPS) is 13.1. The van der Waals surface area contributed by atoms with E-state index in [-0.39, 0.29) is 12.7 Å². The van der Waals surface area contributed by atoms with Gasteiger partial charge in [0.25, 0.3) is 0 Å². The van der Waals surface area contributed by atoms with Crippen molar-refractivity contribution in [3.63, 3.8) is 0 Å². The molecule has 146 valence electrons. The molecule has 0 saturated carbocycles. The highest BCUT2D eigenvalue weighted by molar-refractivity contribution is 6.42. The van der Waals surface area contributed by atoms with Gasteiger partial charge in [-0.1, -0.05) is 70.7 Å². The van der Waals surface area contributed by atoms with Crippen LogP contribution in [0.3, 0.4) is 0 Å². The Hall–Kier alpha value is -1.17. The molecular weight excluding hydrogens is 432 g/mol. The summed E-state index contributed by atoms with van der Waals surface area (Å²) in [5.74, 6) is 0. The maximum Gasteiger partial charge on any atom is 0.509 e. The van der Waals surface area contributed by atoms with Gasteiger partial charge in [0, 0.05) is 16.1 Å². The van der Waals surface area contributed by atoms with E-state index in [2.05, 4.69) is 11.8 Å². The third-order valence-corrected chi connectivity index (χ3v) is 5.30. The van der Waals surface area contributed by atoms with Gasteiger partial charge in [-0.15, -0.1) is 0 Å². The van der Waals surface area contributed by atoms with Crippen molar-refractivity contribution in [1.29, 1.82) is 0 Å². The summed E-state index contributed by atoms with van der Waals surface area (Å²) in [7, 11) is 2.06. The van der Waals surface area contributed by atoms with Crippen LogP contribution in [-0.4, -0.2) is 36.9 Å². The number of halogens is 4. The van der Waals surface area contributed by atoms with Gasteiger partial charge in [-0.25, -0.2) is 4.79 Å². The van der Waals surface area contributed by atoms with Crippen LogP contribution in [0.5, 0.6) is 0 Å². The number of benzene rings is 2. The molecule has 2 rings (SSSR count). The van der Waals surface area contributed by atoms with Gasteiger partial charge in [-0.2, -0.15) is 0 Å². The van der Waals surface area contributed by atoms with Gasteiger partial charge >= 0.3 is 6.16 Å². The quantitative estimate of drug-likeness (QED) is 0.274. The molecular formula is C19H20Cl4NO3+. The summed E-state index contributed by atoms with van der Waals surface area (Å²) in [6.45, 7) is 2.02. The van der Waals surface area contributed by atoms with Crippen LogP contribution in [-0.2, 0) is 22.6 Å². The molecule has 1 atom stereocenters. The van der Waals surface area contributed by atoms with Crippen molar-refractivity contribution >= 4 is 52.6 Å². The van der Waals surface area contributed by atoms with E-state index in [0.717, 1.165) is 11.1 Å². The van der Waals surface area contributed by atoms with Crippen LogP contribution in [0.2, 0.25) is 15.1 Å². The first-order valence-corrected chi connectivity index (χ1v) is 9.86. The molecule has 1 unspecified atom stereocenters. The number of carbonyl (C=O) groups excluding carboxylic acids is 1. The third kappa shape index (κ3) is 7.05. The summed E-state index contributed by atoms with van der Waals surface area (Å²) in [5, 5.41) is 1.72. The fraction of sp³-hybridized carbons (Fsp3) is 0.316. The van der Waals surface area contributed by atoms with E-state index in [1.165, 1.54) is 0 Å². The van der Waals surface area contributed by atoms with Crippen LogP contribution in [0, 0.1) is 0 Å². The van der Waals surface area contributed by atoms with Crippen molar-refractivity contribution in [2.75, 3.05) is 26.3 Å². The Morgan fingerprint density at radius 2 is 1.70 bits per heavy atom. The van der Waals surface area contributed by atoms with Crippen LogP contribution in [0.1, 0.15) is 11.1 Å². The summed E-state index contributed by atoms with van der Waals surface area (Å²) in [5.41, 5.74) is 2.02. The lowest BCUT2D eigenvalue weighted by molar-refractivity contribution is -0.935. The standard InChI is InChI=1S/C19H20Cl4NO3/c1-24(9-10-26-19(25)27-13-20,11-14-5-7-16(21)8-6-14)12-15-3-2-4-17(22)18(15)23/h2-8H,9-13H2,1H3/q+1. The molecule has 4 nitrogen and oxygen atoms in total. The molecule has 0 radical (unpaired) electrons. The van der Waals surface area contributed by atoms with Gasteiger partial charge in [0.2, 0.25) is 0 Å². The molecule has 0 aliphatic heterocycles. The molecule has 0 heterocycles. The highest BCUT2D eigenvalue weighted by Crippen LogP contribution is 2.29. The molecule has 0 aliphatic rings. The second kappa shape index (κ2) is 10.4. The number of quaternary nitrogens is 1. The van der Waals surface area contributed by atoms with E-state index in [0.29, 0.717) is 39.2 Å². The highest BCUT2D eigenvalue weighted by atomic mass is 35.5. The number of nitrogens with zero attached hydrogens (tertiary/aromatic N) is 1. The number of hydrogen-bond acceptors (Lipinski definition) is 3. The SMILES string of the molecule is C[N+](CCOC(=O)OCCl)(Cc1ccc(Cl)cc1)Cc1cccc(Cl)c1Cl. The molecule has 0 spiro atoms. The topological polar surface area (TPSA) is 35.5 Å². The second-order valence-electron chi connectivity index (χ2n) is 6.35. The van der Waals surface area contributed by atoms with Crippen LogP contribution in [0.15, 0.2) is 42.5 Å². The zero-order valence-electron chi connectivity index (χ0n) is 14.8. The maximum absolute atomic E-state index is 11.4. The first-order valence-electron chi connectivity index (χ1n) is 8.19. The molecule has 2 aromatic carbocycles. The first-order chi connectivity index (χ1) is 12.8. The van der Waals surface area contributed by atoms with Crippen molar-refractivity contribution in [1.82, 2.24) is 0 Å². The summed E-state index contributed by atoms with van der Waals surface area (Å²) in [6, 6.07) is 13.0. The summed E-state index contributed by atoms with van der Waals surface area (Å²) < 4.78 is 10.2. The maximum atomic E-state index is 11.4. The molecule has 0 aromatic heterocycles. The monoisotopic (exact) mass is 450 g/mol. The van der Waals surface area contributed by atoms with Crippen molar-refractivity contribution < 1.29 is 18.8 Å². The minimum Gasteiger partial charge on any atom is -0.428 e. The fourth-order valence-corrected chi connectivity index (χ4v) is 3.36. The van der Waals surface area contributed by atoms with Gasteiger partial charge in [-0.3, -0.25) is 0 Å². The summed E-state index contributed by atoms with van der Waals surface area (Å²) in [6.07, 6.45) is -0.788. The Labute approximate surface area is 179 Å². The minimum atomic E-state index is -0.788. The van der Waals surface area contributed by atoms with Crippen LogP contribution >= 0.6 is 46.4 Å². The molecule has 0 saturated heterocycles. The van der Waals surface area contributed by atoms with Gasteiger partial charge < -0.3 is 14.0 Å². The summed E-state index contributed by atoms with van der Waals surface area (Å²) >= 11 is 23.9. The molecule has 0 aliphatic carbocycles. The number of alkyl halides is 1. The molecule has 0 bridgehead atoms. The van der Waals surface area contributed by atoms with E-state index in [9.17, 15) is 4.79 Å². The number of carbonyl (C=O) groups is 1. The number of hydrogen-bond donors (Lipinski definition) is 0. The largest absolute Gasteiger partial charge is 0.509 e. The van der Waals surface area contributed by atoms with Crippen LogP contribution in [0.4, 0.5) is 4.79 Å². The molecule has 0 fully saturated rings. The van der Waals surface area contributed by atoms with Gasteiger partial charge in [-0.05, 0) is 18.2 Å². The predicted octanol–water partition coefficient (Wildman–Crippen LogP) is 6.14. The molecule has 8 heteroatoms. The third-order valence-electron chi connectivity index (χ3n) is 4.08. The lowest BCUT2D eigenvalue weighted by Gasteiger charge is -2.35. The summed E-state index contributed by atoms with van der Waals surface area (Å²) in [4.78, 5) is 11.4. The molecule has 0 N–H and O–H groups in total. The van der Waals surface area contributed by atoms with Gasteiger partial charge in [0.1, 0.15) is 26.2 Å². The molecule has 2 aromatic rings. The van der Waals surface area contributed by atoms with Crippen molar-refractivity contribution in [3.05, 3.63) is 68.7 Å².